The lowest BCUT2D eigenvalue weighted by atomic mass is 9.86. The third-order valence-electron chi connectivity index (χ3n) is 4.57. The maximum atomic E-state index is 2.42. The molecule has 15 heavy (non-hydrogen) atoms. The Morgan fingerprint density at radius 1 is 0.867 bits per heavy atom. The second-order valence-corrected chi connectivity index (χ2v) is 5.93. The average molecular weight is 212 g/mol. The first kappa shape index (κ1) is 11.4. The molecule has 0 spiro atoms. The molecule has 0 radical (unpaired) electrons. The second-order valence-electron chi connectivity index (χ2n) is 5.93. The van der Waals surface area contributed by atoms with Gasteiger partial charge in [0.15, 0.2) is 0 Å². The van der Waals surface area contributed by atoms with E-state index in [0.29, 0.717) is 0 Å². The Hall–Kier alpha value is -0.0800. The third kappa shape index (κ3) is 3.18. The summed E-state index contributed by atoms with van der Waals surface area (Å²) in [5.74, 6) is 1.00. The average Bonchev–Trinajstić information content (AvgIpc) is 2.44. The molecule has 1 saturated heterocycles. The van der Waals surface area contributed by atoms with Crippen LogP contribution in [-0.2, 0) is 0 Å². The van der Waals surface area contributed by atoms with Crippen molar-refractivity contribution < 1.29 is 9.80 Å². The van der Waals surface area contributed by atoms with Gasteiger partial charge in [0.1, 0.15) is 13.1 Å². The topological polar surface area (TPSA) is 8.88 Å². The van der Waals surface area contributed by atoms with Gasteiger partial charge >= 0.3 is 0 Å². The summed E-state index contributed by atoms with van der Waals surface area (Å²) in [6, 6.07) is 1.01. The van der Waals surface area contributed by atoms with E-state index in [1.165, 1.54) is 58.3 Å². The van der Waals surface area contributed by atoms with Crippen molar-refractivity contribution in [2.24, 2.45) is 5.92 Å². The molecule has 2 heteroatoms. The molecule has 0 bridgehead atoms. The van der Waals surface area contributed by atoms with Crippen LogP contribution in [0.1, 0.15) is 39.0 Å². The van der Waals surface area contributed by atoms with Crippen molar-refractivity contribution in [1.82, 2.24) is 0 Å². The van der Waals surface area contributed by atoms with Gasteiger partial charge in [-0.05, 0) is 31.6 Å². The molecule has 0 amide bonds. The van der Waals surface area contributed by atoms with Crippen LogP contribution in [0.3, 0.4) is 0 Å². The quantitative estimate of drug-likeness (QED) is 0.573. The molecular weight excluding hydrogens is 184 g/mol. The highest BCUT2D eigenvalue weighted by atomic mass is 15.2. The Kier molecular flexibility index (Phi) is 4.04. The van der Waals surface area contributed by atoms with Gasteiger partial charge in [-0.2, -0.15) is 0 Å². The molecule has 2 unspecified atom stereocenters. The Morgan fingerprint density at radius 3 is 2.33 bits per heavy atom. The number of hydrogen-bond acceptors (Lipinski definition) is 0. The number of rotatable bonds is 1. The zero-order chi connectivity index (χ0) is 10.7. The molecule has 1 aliphatic heterocycles. The van der Waals surface area contributed by atoms with Crippen molar-refractivity contribution in [3.63, 3.8) is 0 Å². The molecule has 0 aromatic carbocycles. The monoisotopic (exact) mass is 212 g/mol. The lowest BCUT2D eigenvalue weighted by Gasteiger charge is -2.32. The first-order chi connectivity index (χ1) is 7.25. The smallest absolute Gasteiger partial charge is 0.127 e. The summed E-state index contributed by atoms with van der Waals surface area (Å²) >= 11 is 0. The van der Waals surface area contributed by atoms with Crippen LogP contribution in [-0.4, -0.2) is 39.3 Å². The summed E-state index contributed by atoms with van der Waals surface area (Å²) in [4.78, 5) is 3.67. The first-order valence-corrected chi connectivity index (χ1v) is 6.91. The van der Waals surface area contributed by atoms with Crippen LogP contribution in [0.2, 0.25) is 0 Å². The Morgan fingerprint density at radius 2 is 1.60 bits per heavy atom. The normalized spacial score (nSPS) is 43.6. The van der Waals surface area contributed by atoms with E-state index >= 15 is 0 Å². The van der Waals surface area contributed by atoms with Gasteiger partial charge in [0.05, 0.1) is 26.2 Å². The van der Waals surface area contributed by atoms with E-state index in [2.05, 4.69) is 14.0 Å². The van der Waals surface area contributed by atoms with Crippen molar-refractivity contribution in [3.05, 3.63) is 0 Å². The van der Waals surface area contributed by atoms with Crippen molar-refractivity contribution >= 4 is 0 Å². The Bertz CT molecular complexity index is 185. The van der Waals surface area contributed by atoms with Gasteiger partial charge in [0.25, 0.3) is 0 Å². The number of quaternary nitrogens is 2. The second kappa shape index (κ2) is 5.31. The molecular formula is C13H28N2+2. The minimum atomic E-state index is 1.00. The van der Waals surface area contributed by atoms with Crippen LogP contribution in [0.25, 0.3) is 0 Å². The van der Waals surface area contributed by atoms with Crippen LogP contribution >= 0.6 is 0 Å². The predicted molar refractivity (Wildman–Crippen MR) is 63.4 cm³/mol. The van der Waals surface area contributed by atoms with Crippen molar-refractivity contribution in [2.75, 3.05) is 33.2 Å². The minimum Gasteiger partial charge on any atom is -0.333 e. The van der Waals surface area contributed by atoms with E-state index in [-0.39, 0.29) is 0 Å². The van der Waals surface area contributed by atoms with Crippen LogP contribution < -0.4 is 9.80 Å². The van der Waals surface area contributed by atoms with Gasteiger partial charge in [0, 0.05) is 6.42 Å². The summed E-state index contributed by atoms with van der Waals surface area (Å²) in [7, 11) is 2.35. The van der Waals surface area contributed by atoms with Gasteiger partial charge in [-0.1, -0.05) is 6.92 Å². The number of likely N-dealkylation sites (N-methyl/N-ethyl adjacent to an activating group) is 1. The van der Waals surface area contributed by atoms with E-state index in [1.807, 2.05) is 4.90 Å². The summed E-state index contributed by atoms with van der Waals surface area (Å²) in [6.07, 6.45) is 7.39. The zero-order valence-electron chi connectivity index (χ0n) is 10.5. The summed E-state index contributed by atoms with van der Waals surface area (Å²) in [6.45, 7) is 8.07. The lowest BCUT2D eigenvalue weighted by molar-refractivity contribution is -0.947. The van der Waals surface area contributed by atoms with Gasteiger partial charge in [-0.3, -0.25) is 0 Å². The van der Waals surface area contributed by atoms with Crippen LogP contribution in [0.5, 0.6) is 0 Å². The fourth-order valence-corrected chi connectivity index (χ4v) is 3.32. The summed E-state index contributed by atoms with van der Waals surface area (Å²) in [5, 5.41) is 0. The zero-order valence-corrected chi connectivity index (χ0v) is 10.5. The van der Waals surface area contributed by atoms with Gasteiger partial charge in [0.2, 0.25) is 0 Å². The van der Waals surface area contributed by atoms with Gasteiger partial charge < -0.3 is 9.80 Å². The molecule has 1 heterocycles. The van der Waals surface area contributed by atoms with Gasteiger partial charge in [-0.25, -0.2) is 0 Å². The highest BCUT2D eigenvalue weighted by molar-refractivity contribution is 4.69. The molecule has 2 rings (SSSR count). The Balaban J connectivity index is 1.82. The van der Waals surface area contributed by atoms with Gasteiger partial charge in [-0.15, -0.1) is 0 Å². The molecule has 2 atom stereocenters. The molecule has 2 aliphatic rings. The van der Waals surface area contributed by atoms with Crippen LogP contribution in [0.15, 0.2) is 0 Å². The van der Waals surface area contributed by atoms with E-state index in [9.17, 15) is 0 Å². The maximum Gasteiger partial charge on any atom is 0.127 e. The van der Waals surface area contributed by atoms with E-state index < -0.39 is 0 Å². The highest BCUT2D eigenvalue weighted by Gasteiger charge is 2.28. The fraction of sp³-hybridized carbons (Fsp3) is 1.00. The minimum absolute atomic E-state index is 1.00. The molecule has 1 saturated carbocycles. The molecule has 2 fully saturated rings. The molecule has 1 aliphatic carbocycles. The van der Waals surface area contributed by atoms with Crippen molar-refractivity contribution in [1.29, 1.82) is 0 Å². The first-order valence-electron chi connectivity index (χ1n) is 6.91. The van der Waals surface area contributed by atoms with Crippen molar-refractivity contribution in [3.8, 4) is 0 Å². The molecule has 2 nitrogen and oxygen atoms in total. The summed E-state index contributed by atoms with van der Waals surface area (Å²) in [5.41, 5.74) is 0. The van der Waals surface area contributed by atoms with E-state index in [1.54, 1.807) is 4.90 Å². The molecule has 88 valence electrons. The predicted octanol–water partition coefficient (Wildman–Crippen LogP) is -0.632. The number of hydrogen-bond donors (Lipinski definition) is 2. The molecule has 0 aromatic heterocycles. The fourth-order valence-electron chi connectivity index (χ4n) is 3.32. The third-order valence-corrected chi connectivity index (χ3v) is 4.57. The van der Waals surface area contributed by atoms with Crippen LogP contribution in [0.4, 0.5) is 0 Å². The SMILES string of the molecule is CC1CCC([NH+]2CCC[NH+](C)CC2)CC1. The summed E-state index contributed by atoms with van der Waals surface area (Å²) < 4.78 is 0. The van der Waals surface area contributed by atoms with E-state index in [4.69, 9.17) is 0 Å². The highest BCUT2D eigenvalue weighted by Crippen LogP contribution is 2.21. The standard InChI is InChI=1S/C13H26N2/c1-12-4-6-13(7-5-12)15-9-3-8-14(2)10-11-15/h12-13H,3-11H2,1-2H3/p+2. The Labute approximate surface area is 94.6 Å². The van der Waals surface area contributed by atoms with Crippen molar-refractivity contribution in [2.45, 2.75) is 45.1 Å². The maximum absolute atomic E-state index is 2.42. The molecule has 2 N–H and O–H groups in total. The number of nitrogens with one attached hydrogen (secondary N) is 2. The molecule has 0 aromatic rings. The van der Waals surface area contributed by atoms with E-state index in [0.717, 1.165) is 12.0 Å². The largest absolute Gasteiger partial charge is 0.333 e. The lowest BCUT2D eigenvalue weighted by Crippen LogP contribution is -3.19. The van der Waals surface area contributed by atoms with Crippen LogP contribution in [0, 0.1) is 5.92 Å².